The Morgan fingerprint density at radius 2 is 1.89 bits per heavy atom. The van der Waals surface area contributed by atoms with Gasteiger partial charge in [-0.2, -0.15) is 9.61 Å². The summed E-state index contributed by atoms with van der Waals surface area (Å²) in [6.45, 7) is 4.88. The molecular weight excluding hydrogens is 474 g/mol. The van der Waals surface area contributed by atoms with E-state index in [9.17, 15) is 27.9 Å². The van der Waals surface area contributed by atoms with Gasteiger partial charge >= 0.3 is 0 Å². The highest BCUT2D eigenvalue weighted by molar-refractivity contribution is 7.91. The Labute approximate surface area is 203 Å². The summed E-state index contributed by atoms with van der Waals surface area (Å²) in [6, 6.07) is 0.0141. The number of carbonyl (C=O) groups excluding carboxylic acids is 2. The SMILES string of the molecule is CC(C)Cn1c(O)c(C(=O)NC2CC2)c(=O)n2ncc(/C=C/C(=O)N3CCC(S(C)(=O)=O)CC3)c12. The van der Waals surface area contributed by atoms with Crippen molar-refractivity contribution >= 4 is 33.4 Å². The van der Waals surface area contributed by atoms with E-state index in [0.717, 1.165) is 17.4 Å². The Balaban J connectivity index is 1.64. The summed E-state index contributed by atoms with van der Waals surface area (Å²) in [7, 11) is -3.13. The van der Waals surface area contributed by atoms with Gasteiger partial charge in [-0.3, -0.25) is 19.0 Å². The normalized spacial score (nSPS) is 17.5. The molecule has 0 unspecified atom stereocenters. The fourth-order valence-corrected chi connectivity index (χ4v) is 5.39. The number of nitrogens with one attached hydrogen (secondary N) is 1. The molecule has 2 aromatic rings. The summed E-state index contributed by atoms with van der Waals surface area (Å²) in [5.41, 5.74) is -0.367. The summed E-state index contributed by atoms with van der Waals surface area (Å²) >= 11 is 0. The number of rotatable bonds is 7. The largest absolute Gasteiger partial charge is 0.494 e. The van der Waals surface area contributed by atoms with Crippen LogP contribution in [0.15, 0.2) is 17.1 Å². The lowest BCUT2D eigenvalue weighted by molar-refractivity contribution is -0.126. The third-order valence-electron chi connectivity index (χ3n) is 6.36. The maximum absolute atomic E-state index is 13.1. The Bertz CT molecular complexity index is 1340. The highest BCUT2D eigenvalue weighted by atomic mass is 32.2. The van der Waals surface area contributed by atoms with Crippen molar-refractivity contribution in [2.24, 2.45) is 5.92 Å². The number of aromatic hydroxyl groups is 1. The molecule has 2 fully saturated rings. The van der Waals surface area contributed by atoms with E-state index in [-0.39, 0.29) is 29.1 Å². The van der Waals surface area contributed by atoms with Gasteiger partial charge in [-0.15, -0.1) is 0 Å². The van der Waals surface area contributed by atoms with Gasteiger partial charge in [0, 0.05) is 43.6 Å². The molecule has 2 aliphatic rings. The molecule has 190 valence electrons. The standard InChI is InChI=1S/C23H31N5O6S/c1-14(2)13-27-21-15(4-7-18(29)26-10-8-17(9-11-26)35(3,33)34)12-24-28(21)23(32)19(22(27)31)20(30)25-16-5-6-16/h4,7,12,14,16-17,31H,5-6,8-11,13H2,1-3H3,(H,25,30)/b7-4+. The van der Waals surface area contributed by atoms with Gasteiger partial charge in [0.25, 0.3) is 11.5 Å². The van der Waals surface area contributed by atoms with Crippen LogP contribution >= 0.6 is 0 Å². The Kier molecular flexibility index (Phi) is 6.76. The number of piperidine rings is 1. The molecule has 0 aromatic carbocycles. The lowest BCUT2D eigenvalue weighted by Crippen LogP contribution is -2.41. The Morgan fingerprint density at radius 1 is 1.23 bits per heavy atom. The van der Waals surface area contributed by atoms with Crippen LogP contribution in [-0.4, -0.2) is 75.1 Å². The predicted octanol–water partition coefficient (Wildman–Crippen LogP) is 0.799. The minimum atomic E-state index is -3.13. The zero-order valence-corrected chi connectivity index (χ0v) is 20.9. The first kappa shape index (κ1) is 25.0. The molecule has 2 N–H and O–H groups in total. The predicted molar refractivity (Wildman–Crippen MR) is 130 cm³/mol. The molecule has 1 aliphatic heterocycles. The van der Waals surface area contributed by atoms with Crippen LogP contribution in [0, 0.1) is 5.92 Å². The molecule has 0 radical (unpaired) electrons. The average Bonchev–Trinajstić information content (AvgIpc) is 3.49. The van der Waals surface area contributed by atoms with Gasteiger partial charge in [0.2, 0.25) is 11.8 Å². The van der Waals surface area contributed by atoms with E-state index in [1.807, 2.05) is 13.8 Å². The van der Waals surface area contributed by atoms with E-state index in [0.29, 0.717) is 38.0 Å². The number of amides is 2. The van der Waals surface area contributed by atoms with E-state index >= 15 is 0 Å². The summed E-state index contributed by atoms with van der Waals surface area (Å²) in [5.74, 6) is -1.26. The van der Waals surface area contributed by atoms with Crippen LogP contribution in [0.1, 0.15) is 55.5 Å². The number of nitrogens with zero attached hydrogens (tertiary/aromatic N) is 4. The lowest BCUT2D eigenvalue weighted by Gasteiger charge is -2.30. The summed E-state index contributed by atoms with van der Waals surface area (Å²) in [6.07, 6.45) is 7.96. The average molecular weight is 506 g/mol. The molecule has 4 rings (SSSR count). The molecule has 12 heteroatoms. The number of hydrogen-bond donors (Lipinski definition) is 2. The van der Waals surface area contributed by atoms with Crippen LogP contribution in [0.2, 0.25) is 0 Å². The third kappa shape index (κ3) is 5.26. The van der Waals surface area contributed by atoms with Gasteiger partial charge in [-0.05, 0) is 37.7 Å². The summed E-state index contributed by atoms with van der Waals surface area (Å²) in [4.78, 5) is 40.0. The minimum absolute atomic E-state index is 0.0141. The summed E-state index contributed by atoms with van der Waals surface area (Å²) < 4.78 is 26.1. The van der Waals surface area contributed by atoms with E-state index in [1.54, 1.807) is 4.90 Å². The van der Waals surface area contributed by atoms with E-state index < -0.39 is 32.4 Å². The van der Waals surface area contributed by atoms with Crippen molar-refractivity contribution in [2.75, 3.05) is 19.3 Å². The topological polar surface area (TPSA) is 143 Å². The first-order valence-corrected chi connectivity index (χ1v) is 13.7. The highest BCUT2D eigenvalue weighted by Gasteiger charge is 2.30. The van der Waals surface area contributed by atoms with E-state index in [1.165, 1.54) is 29.2 Å². The molecule has 1 saturated heterocycles. The van der Waals surface area contributed by atoms with Crippen LogP contribution < -0.4 is 10.9 Å². The number of sulfone groups is 1. The van der Waals surface area contributed by atoms with E-state index in [4.69, 9.17) is 0 Å². The fourth-order valence-electron chi connectivity index (χ4n) is 4.32. The molecule has 2 aromatic heterocycles. The van der Waals surface area contributed by atoms with Crippen molar-refractivity contribution < 1.29 is 23.1 Å². The van der Waals surface area contributed by atoms with E-state index in [2.05, 4.69) is 10.4 Å². The second kappa shape index (κ2) is 9.48. The Morgan fingerprint density at radius 3 is 2.46 bits per heavy atom. The van der Waals surface area contributed by atoms with Crippen molar-refractivity contribution in [3.63, 3.8) is 0 Å². The van der Waals surface area contributed by atoms with Crippen molar-refractivity contribution in [1.82, 2.24) is 24.4 Å². The second-order valence-electron chi connectivity index (χ2n) is 9.78. The number of aromatic nitrogens is 3. The lowest BCUT2D eigenvalue weighted by atomic mass is 10.1. The van der Waals surface area contributed by atoms with Crippen molar-refractivity contribution in [1.29, 1.82) is 0 Å². The fraction of sp³-hybridized carbons (Fsp3) is 0.565. The van der Waals surface area contributed by atoms with Crippen molar-refractivity contribution in [3.05, 3.63) is 33.8 Å². The second-order valence-corrected chi connectivity index (χ2v) is 12.1. The van der Waals surface area contributed by atoms with Gasteiger partial charge in [-0.25, -0.2) is 8.42 Å². The first-order chi connectivity index (χ1) is 16.5. The first-order valence-electron chi connectivity index (χ1n) is 11.8. The maximum Gasteiger partial charge on any atom is 0.291 e. The van der Waals surface area contributed by atoms with Crippen LogP contribution in [0.25, 0.3) is 11.7 Å². The van der Waals surface area contributed by atoms with Crippen LogP contribution in [0.3, 0.4) is 0 Å². The van der Waals surface area contributed by atoms with Gasteiger partial charge in [0.1, 0.15) is 15.5 Å². The molecule has 0 bridgehead atoms. The zero-order chi connectivity index (χ0) is 25.5. The van der Waals surface area contributed by atoms with Crippen LogP contribution in [0.5, 0.6) is 5.88 Å². The van der Waals surface area contributed by atoms with Crippen molar-refractivity contribution in [3.8, 4) is 5.88 Å². The Hall–Kier alpha value is -3.15. The smallest absolute Gasteiger partial charge is 0.291 e. The van der Waals surface area contributed by atoms with Crippen LogP contribution in [0.4, 0.5) is 0 Å². The molecule has 35 heavy (non-hydrogen) atoms. The van der Waals surface area contributed by atoms with Gasteiger partial charge in [0.15, 0.2) is 5.56 Å². The molecule has 0 spiro atoms. The maximum atomic E-state index is 13.1. The monoisotopic (exact) mass is 505 g/mol. The number of hydrogen-bond acceptors (Lipinski definition) is 7. The van der Waals surface area contributed by atoms with Gasteiger partial charge < -0.3 is 15.3 Å². The van der Waals surface area contributed by atoms with Crippen molar-refractivity contribution in [2.45, 2.75) is 57.4 Å². The molecular formula is C23H31N5O6S. The zero-order valence-electron chi connectivity index (χ0n) is 20.1. The third-order valence-corrected chi connectivity index (χ3v) is 8.05. The van der Waals surface area contributed by atoms with Gasteiger partial charge in [0.05, 0.1) is 11.4 Å². The minimum Gasteiger partial charge on any atom is -0.494 e. The number of fused-ring (bicyclic) bond motifs is 1. The van der Waals surface area contributed by atoms with Gasteiger partial charge in [-0.1, -0.05) is 13.8 Å². The quantitative estimate of drug-likeness (QED) is 0.530. The summed E-state index contributed by atoms with van der Waals surface area (Å²) in [5, 5.41) is 17.4. The molecule has 0 atom stereocenters. The number of likely N-dealkylation sites (tertiary alicyclic amines) is 1. The highest BCUT2D eigenvalue weighted by Crippen LogP contribution is 2.25. The molecule has 11 nitrogen and oxygen atoms in total. The molecule has 3 heterocycles. The van der Waals surface area contributed by atoms with Crippen LogP contribution in [-0.2, 0) is 21.2 Å². The molecule has 2 amide bonds. The molecule has 1 aliphatic carbocycles. The number of carbonyl (C=O) groups is 2. The molecule has 1 saturated carbocycles.